The third kappa shape index (κ3) is 4.55. The molecule has 1 atom stereocenters. The Balaban J connectivity index is 1.57. The van der Waals surface area contributed by atoms with Gasteiger partial charge < -0.3 is 14.6 Å². The van der Waals surface area contributed by atoms with Crippen molar-refractivity contribution in [2.24, 2.45) is 13.0 Å². The molecule has 1 N–H and O–H groups in total. The summed E-state index contributed by atoms with van der Waals surface area (Å²) >= 11 is 1.25. The van der Waals surface area contributed by atoms with Gasteiger partial charge in [-0.25, -0.2) is 9.59 Å². The lowest BCUT2D eigenvalue weighted by molar-refractivity contribution is -0.242. The van der Waals surface area contributed by atoms with Crippen LogP contribution in [0.2, 0.25) is 0 Å². The summed E-state index contributed by atoms with van der Waals surface area (Å²) in [5.41, 5.74) is 1.76. The van der Waals surface area contributed by atoms with Crippen LogP contribution < -0.4 is 11.1 Å². The van der Waals surface area contributed by atoms with Crippen molar-refractivity contribution in [3.63, 3.8) is 0 Å². The van der Waals surface area contributed by atoms with E-state index < -0.39 is 35.8 Å². The van der Waals surface area contributed by atoms with Crippen molar-refractivity contribution in [1.82, 2.24) is 14.9 Å². The summed E-state index contributed by atoms with van der Waals surface area (Å²) < 4.78 is 44.8. The molecule has 13 heteroatoms. The van der Waals surface area contributed by atoms with Crippen LogP contribution in [0, 0.1) is 17.2 Å². The molecule has 1 amide bonds. The molecular weight excluding hydrogens is 477 g/mol. The Labute approximate surface area is 193 Å². The number of carbonyl (C=O) groups is 2. The number of halogens is 3. The van der Waals surface area contributed by atoms with Crippen LogP contribution >= 0.6 is 11.3 Å². The zero-order valence-corrected chi connectivity index (χ0v) is 18.4. The summed E-state index contributed by atoms with van der Waals surface area (Å²) in [6, 6.07) is 8.87. The number of fused-ring (bicyclic) bond motifs is 1. The van der Waals surface area contributed by atoms with E-state index in [0.29, 0.717) is 16.0 Å². The average Bonchev–Trinajstić information content (AvgIpc) is 3.32. The van der Waals surface area contributed by atoms with Crippen LogP contribution in [0.5, 0.6) is 0 Å². The number of hydrogen-bond acceptors (Lipinski definition) is 8. The fourth-order valence-electron chi connectivity index (χ4n) is 3.34. The molecule has 0 unspecified atom stereocenters. The van der Waals surface area contributed by atoms with Crippen molar-refractivity contribution in [3.05, 3.63) is 45.8 Å². The lowest BCUT2D eigenvalue weighted by atomic mass is 10.0. The molecule has 0 spiro atoms. The highest BCUT2D eigenvalue weighted by atomic mass is 32.1. The van der Waals surface area contributed by atoms with Crippen molar-refractivity contribution >= 4 is 34.3 Å². The summed E-state index contributed by atoms with van der Waals surface area (Å²) in [6.07, 6.45) is -5.47. The minimum absolute atomic E-state index is 0.148. The largest absolute Gasteiger partial charge is 0.493 e. The lowest BCUT2D eigenvalue weighted by Gasteiger charge is -2.33. The molecule has 0 radical (unpaired) electrons. The molecule has 1 aliphatic heterocycles. The van der Waals surface area contributed by atoms with Gasteiger partial charge >= 0.3 is 17.9 Å². The molecule has 0 saturated carbocycles. The monoisotopic (exact) mass is 494 g/mol. The number of rotatable bonds is 5. The minimum atomic E-state index is -5.32. The molecule has 1 aliphatic rings. The Kier molecular flexibility index (Phi) is 6.20. The Morgan fingerprint density at radius 2 is 2.09 bits per heavy atom. The van der Waals surface area contributed by atoms with Crippen LogP contribution in [0.25, 0.3) is 21.5 Å². The first-order chi connectivity index (χ1) is 16.1. The number of nitriles is 1. The molecule has 1 aromatic carbocycles. The Morgan fingerprint density at radius 3 is 2.71 bits per heavy atom. The van der Waals surface area contributed by atoms with E-state index in [0.717, 1.165) is 10.4 Å². The number of hydroxylamine groups is 2. The number of benzene rings is 1. The average molecular weight is 494 g/mol. The molecule has 3 heterocycles. The number of aryl methyl sites for hydroxylation is 1. The van der Waals surface area contributed by atoms with Gasteiger partial charge in [0.2, 0.25) is 0 Å². The SMILES string of the molecule is Cn1c(=O)oc2ccc(-c3ccc(C[C@@H](C#N)N(OC(=O)C(F)(F)F)C(=O)C4CNC4)s3)cc21. The third-order valence-electron chi connectivity index (χ3n) is 5.32. The molecule has 1 saturated heterocycles. The molecule has 0 aliphatic carbocycles. The molecule has 1 fully saturated rings. The van der Waals surface area contributed by atoms with Crippen LogP contribution in [0.4, 0.5) is 13.2 Å². The standard InChI is InChI=1S/C21H17F3N4O5S/c1-27-15-6-11(2-4-16(15)32-20(27)31)17-5-3-14(34-17)7-13(8-25)28(18(29)12-9-26-10-12)33-19(30)21(22,23)24/h2-6,12-13,26H,7,9-10H2,1H3/t13-/m0/s1. The Hall–Kier alpha value is -3.63. The highest BCUT2D eigenvalue weighted by Gasteiger charge is 2.46. The molecule has 9 nitrogen and oxygen atoms in total. The van der Waals surface area contributed by atoms with Gasteiger partial charge in [0.1, 0.15) is 0 Å². The number of nitrogens with zero attached hydrogens (tertiary/aromatic N) is 3. The fraction of sp³-hybridized carbons (Fsp3) is 0.333. The fourth-order valence-corrected chi connectivity index (χ4v) is 4.38. The van der Waals surface area contributed by atoms with Crippen LogP contribution in [-0.2, 0) is 27.9 Å². The Morgan fingerprint density at radius 1 is 1.35 bits per heavy atom. The van der Waals surface area contributed by atoms with Crippen LogP contribution in [0.15, 0.2) is 39.5 Å². The maximum absolute atomic E-state index is 12.8. The van der Waals surface area contributed by atoms with Crippen LogP contribution in [-0.4, -0.2) is 46.8 Å². The Bertz CT molecular complexity index is 1350. The summed E-state index contributed by atoms with van der Waals surface area (Å²) in [5, 5.41) is 12.7. The van der Waals surface area contributed by atoms with Crippen molar-refractivity contribution in [2.75, 3.05) is 13.1 Å². The number of carbonyl (C=O) groups excluding carboxylic acids is 2. The molecular formula is C21H17F3N4O5S. The first-order valence-electron chi connectivity index (χ1n) is 9.99. The molecule has 178 valence electrons. The number of amides is 1. The second-order valence-electron chi connectivity index (χ2n) is 7.62. The predicted molar refractivity (Wildman–Crippen MR) is 113 cm³/mol. The lowest BCUT2D eigenvalue weighted by Crippen LogP contribution is -2.55. The quantitative estimate of drug-likeness (QED) is 0.541. The van der Waals surface area contributed by atoms with Gasteiger partial charge in [-0.1, -0.05) is 0 Å². The van der Waals surface area contributed by atoms with E-state index >= 15 is 0 Å². The van der Waals surface area contributed by atoms with Crippen molar-refractivity contribution in [2.45, 2.75) is 18.6 Å². The van der Waals surface area contributed by atoms with Gasteiger partial charge in [0, 0.05) is 36.3 Å². The predicted octanol–water partition coefficient (Wildman–Crippen LogP) is 2.36. The first kappa shape index (κ1) is 23.5. The van der Waals surface area contributed by atoms with Crippen LogP contribution in [0.1, 0.15) is 4.88 Å². The van der Waals surface area contributed by atoms with Gasteiger partial charge in [0.15, 0.2) is 11.6 Å². The molecule has 34 heavy (non-hydrogen) atoms. The van der Waals surface area contributed by atoms with Crippen molar-refractivity contribution in [1.29, 1.82) is 5.26 Å². The van der Waals surface area contributed by atoms with E-state index in [2.05, 4.69) is 10.2 Å². The van der Waals surface area contributed by atoms with Crippen molar-refractivity contribution < 1.29 is 32.0 Å². The van der Waals surface area contributed by atoms with Gasteiger partial charge in [0.05, 0.1) is 17.5 Å². The highest BCUT2D eigenvalue weighted by Crippen LogP contribution is 2.32. The third-order valence-corrected chi connectivity index (χ3v) is 6.48. The van der Waals surface area contributed by atoms with Gasteiger partial charge in [-0.2, -0.15) is 23.5 Å². The van der Waals surface area contributed by atoms with Gasteiger partial charge in [0.25, 0.3) is 5.91 Å². The van der Waals surface area contributed by atoms with Gasteiger partial charge in [-0.15, -0.1) is 11.3 Å². The van der Waals surface area contributed by atoms with Crippen molar-refractivity contribution in [3.8, 4) is 16.5 Å². The maximum Gasteiger partial charge on any atom is 0.493 e. The zero-order chi connectivity index (χ0) is 24.6. The highest BCUT2D eigenvalue weighted by molar-refractivity contribution is 7.15. The van der Waals surface area contributed by atoms with E-state index in [1.54, 1.807) is 43.4 Å². The smallest absolute Gasteiger partial charge is 0.408 e. The number of thiophene rings is 1. The van der Waals surface area contributed by atoms with E-state index in [9.17, 15) is 32.8 Å². The number of aromatic nitrogens is 1. The van der Waals surface area contributed by atoms with Gasteiger partial charge in [-0.05, 0) is 35.9 Å². The summed E-state index contributed by atoms with van der Waals surface area (Å²) in [6.45, 7) is 0.415. The minimum Gasteiger partial charge on any atom is -0.408 e. The summed E-state index contributed by atoms with van der Waals surface area (Å²) in [7, 11) is 1.57. The zero-order valence-electron chi connectivity index (χ0n) is 17.6. The van der Waals surface area contributed by atoms with E-state index in [-0.39, 0.29) is 24.6 Å². The second kappa shape index (κ2) is 8.96. The number of hydrogen-bond donors (Lipinski definition) is 1. The van der Waals surface area contributed by atoms with Crippen LogP contribution in [0.3, 0.4) is 0 Å². The normalized spacial score (nSPS) is 14.9. The topological polar surface area (TPSA) is 118 Å². The van der Waals surface area contributed by atoms with E-state index in [1.165, 1.54) is 15.9 Å². The first-order valence-corrected chi connectivity index (χ1v) is 10.8. The molecule has 2 aromatic heterocycles. The number of alkyl halides is 3. The number of nitrogens with one attached hydrogen (secondary N) is 1. The maximum atomic E-state index is 12.8. The van der Waals surface area contributed by atoms with E-state index in [4.69, 9.17) is 4.42 Å². The van der Waals surface area contributed by atoms with Gasteiger partial charge in [-0.3, -0.25) is 9.36 Å². The molecule has 4 rings (SSSR count). The second-order valence-corrected chi connectivity index (χ2v) is 8.79. The van der Waals surface area contributed by atoms with E-state index in [1.807, 2.05) is 0 Å². The molecule has 0 bridgehead atoms. The summed E-state index contributed by atoms with van der Waals surface area (Å²) in [5.74, 6) is -4.63. The number of oxazole rings is 1. The molecule has 3 aromatic rings. The summed E-state index contributed by atoms with van der Waals surface area (Å²) in [4.78, 5) is 41.4.